The first-order valence-corrected chi connectivity index (χ1v) is 10.8. The molecule has 1 amide bonds. The first-order valence-electron chi connectivity index (χ1n) is 9.88. The summed E-state index contributed by atoms with van der Waals surface area (Å²) in [4.78, 5) is 19.3. The summed E-state index contributed by atoms with van der Waals surface area (Å²) >= 11 is 1.61. The Labute approximate surface area is 166 Å². The van der Waals surface area contributed by atoms with Crippen LogP contribution < -0.4 is 4.74 Å². The number of carbonyl (C=O) groups is 1. The second-order valence-electron chi connectivity index (χ2n) is 8.06. The predicted octanol–water partition coefficient (Wildman–Crippen LogP) is 5.38. The molecule has 1 aromatic heterocycles. The highest BCUT2D eigenvalue weighted by Crippen LogP contribution is 2.30. The zero-order valence-corrected chi connectivity index (χ0v) is 17.6. The molecule has 0 bridgehead atoms. The monoisotopic (exact) mass is 386 g/mol. The zero-order valence-electron chi connectivity index (χ0n) is 16.8. The van der Waals surface area contributed by atoms with Crippen LogP contribution in [0.15, 0.2) is 29.6 Å². The largest absolute Gasteiger partial charge is 0.486 e. The van der Waals surface area contributed by atoms with E-state index in [2.05, 4.69) is 39.1 Å². The molecule has 0 spiro atoms. The Morgan fingerprint density at radius 1 is 1.26 bits per heavy atom. The first-order chi connectivity index (χ1) is 12.9. The van der Waals surface area contributed by atoms with Crippen LogP contribution in [0.3, 0.4) is 0 Å². The van der Waals surface area contributed by atoms with Crippen molar-refractivity contribution < 1.29 is 9.53 Å². The van der Waals surface area contributed by atoms with Gasteiger partial charge in [-0.3, -0.25) is 4.79 Å². The number of nitrogens with zero attached hydrogens (tertiary/aromatic N) is 2. The number of aromatic nitrogens is 1. The topological polar surface area (TPSA) is 42.4 Å². The van der Waals surface area contributed by atoms with Gasteiger partial charge in [-0.15, -0.1) is 11.3 Å². The van der Waals surface area contributed by atoms with Crippen molar-refractivity contribution in [1.82, 2.24) is 9.88 Å². The van der Waals surface area contributed by atoms with Gasteiger partial charge in [0.2, 0.25) is 5.91 Å². The Morgan fingerprint density at radius 2 is 2.00 bits per heavy atom. The van der Waals surface area contributed by atoms with E-state index in [0.717, 1.165) is 29.3 Å². The molecule has 1 heterocycles. The van der Waals surface area contributed by atoms with Crippen LogP contribution >= 0.6 is 11.3 Å². The minimum atomic E-state index is 0.254. The second-order valence-corrected chi connectivity index (χ2v) is 9.01. The number of ether oxygens (including phenoxy) is 1. The minimum absolute atomic E-state index is 0.254. The van der Waals surface area contributed by atoms with E-state index >= 15 is 0 Å². The van der Waals surface area contributed by atoms with Gasteiger partial charge in [-0.05, 0) is 36.3 Å². The van der Waals surface area contributed by atoms with Crippen LogP contribution in [0.1, 0.15) is 69.1 Å². The summed E-state index contributed by atoms with van der Waals surface area (Å²) in [6, 6.07) is 8.59. The summed E-state index contributed by atoms with van der Waals surface area (Å²) in [5.74, 6) is 1.99. The third-order valence-electron chi connectivity index (χ3n) is 4.71. The fourth-order valence-electron chi connectivity index (χ4n) is 3.16. The van der Waals surface area contributed by atoms with Crippen molar-refractivity contribution in [1.29, 1.82) is 0 Å². The molecule has 1 aliphatic rings. The van der Waals surface area contributed by atoms with Crippen molar-refractivity contribution >= 4 is 17.2 Å². The van der Waals surface area contributed by atoms with Crippen LogP contribution in [-0.4, -0.2) is 21.8 Å². The number of carbonyl (C=O) groups excluding carboxylic acids is 1. The van der Waals surface area contributed by atoms with E-state index in [1.54, 1.807) is 11.3 Å². The molecule has 1 fully saturated rings. The SMILES string of the molecule is CC(C)CC(=O)N(Cc1csc(COc2ccccc2C(C)C)n1)C1CC1. The van der Waals surface area contributed by atoms with Crippen LogP contribution in [0.4, 0.5) is 0 Å². The maximum atomic E-state index is 12.5. The van der Waals surface area contributed by atoms with Gasteiger partial charge in [-0.1, -0.05) is 45.9 Å². The molecular weight excluding hydrogens is 356 g/mol. The van der Waals surface area contributed by atoms with Gasteiger partial charge in [0.1, 0.15) is 17.4 Å². The Hall–Kier alpha value is -1.88. The molecule has 4 nitrogen and oxygen atoms in total. The number of amides is 1. The molecule has 5 heteroatoms. The molecule has 0 N–H and O–H groups in total. The molecule has 1 aliphatic carbocycles. The lowest BCUT2D eigenvalue weighted by atomic mass is 10.0. The van der Waals surface area contributed by atoms with Gasteiger partial charge >= 0.3 is 0 Å². The Bertz CT molecular complexity index is 765. The number of hydrogen-bond acceptors (Lipinski definition) is 4. The van der Waals surface area contributed by atoms with Crippen LogP contribution in [0.25, 0.3) is 0 Å². The normalized spacial score (nSPS) is 14.0. The smallest absolute Gasteiger partial charge is 0.223 e. The van der Waals surface area contributed by atoms with E-state index in [1.807, 2.05) is 23.1 Å². The van der Waals surface area contributed by atoms with Crippen LogP contribution in [0, 0.1) is 5.92 Å². The van der Waals surface area contributed by atoms with Crippen molar-refractivity contribution in [2.75, 3.05) is 0 Å². The van der Waals surface area contributed by atoms with E-state index in [1.165, 1.54) is 5.56 Å². The molecule has 2 aromatic rings. The third-order valence-corrected chi connectivity index (χ3v) is 5.59. The molecule has 0 atom stereocenters. The van der Waals surface area contributed by atoms with Gasteiger partial charge in [0.05, 0.1) is 12.2 Å². The summed E-state index contributed by atoms with van der Waals surface area (Å²) in [5, 5.41) is 3.01. The molecule has 0 unspecified atom stereocenters. The summed E-state index contributed by atoms with van der Waals surface area (Å²) < 4.78 is 6.03. The Kier molecular flexibility index (Phi) is 6.53. The lowest BCUT2D eigenvalue weighted by Crippen LogP contribution is -2.33. The maximum Gasteiger partial charge on any atom is 0.223 e. The molecule has 27 heavy (non-hydrogen) atoms. The molecule has 0 saturated heterocycles. The standard InChI is InChI=1S/C22H30N2O2S/c1-15(2)11-22(25)24(18-9-10-18)12-17-14-27-21(23-17)13-26-20-8-6-5-7-19(20)16(3)4/h5-8,14-16,18H,9-13H2,1-4H3. The highest BCUT2D eigenvalue weighted by molar-refractivity contribution is 7.09. The molecule has 1 aromatic carbocycles. The maximum absolute atomic E-state index is 12.5. The van der Waals surface area contributed by atoms with Gasteiger partial charge in [-0.25, -0.2) is 4.98 Å². The molecule has 146 valence electrons. The van der Waals surface area contributed by atoms with Crippen molar-refractivity contribution in [3.63, 3.8) is 0 Å². The number of hydrogen-bond donors (Lipinski definition) is 0. The van der Waals surface area contributed by atoms with Crippen LogP contribution in [0.5, 0.6) is 5.75 Å². The summed E-state index contributed by atoms with van der Waals surface area (Å²) in [5.41, 5.74) is 2.19. The average Bonchev–Trinajstić information content (AvgIpc) is 3.36. The van der Waals surface area contributed by atoms with Crippen LogP contribution in [-0.2, 0) is 17.9 Å². The van der Waals surface area contributed by atoms with E-state index in [0.29, 0.717) is 37.5 Å². The van der Waals surface area contributed by atoms with E-state index < -0.39 is 0 Å². The molecular formula is C22H30N2O2S. The summed E-state index contributed by atoms with van der Waals surface area (Å²) in [6.07, 6.45) is 2.86. The van der Waals surface area contributed by atoms with Gasteiger partial charge in [-0.2, -0.15) is 0 Å². The zero-order chi connectivity index (χ0) is 19.4. The van der Waals surface area contributed by atoms with Gasteiger partial charge in [0, 0.05) is 17.8 Å². The average molecular weight is 387 g/mol. The predicted molar refractivity (Wildman–Crippen MR) is 110 cm³/mol. The van der Waals surface area contributed by atoms with Crippen molar-refractivity contribution in [2.45, 2.75) is 72.1 Å². The number of benzene rings is 1. The fraction of sp³-hybridized carbons (Fsp3) is 0.545. The number of para-hydroxylation sites is 1. The lowest BCUT2D eigenvalue weighted by molar-refractivity contribution is -0.133. The highest BCUT2D eigenvalue weighted by Gasteiger charge is 2.33. The summed E-state index contributed by atoms with van der Waals surface area (Å²) in [6.45, 7) is 9.62. The van der Waals surface area contributed by atoms with E-state index in [-0.39, 0.29) is 5.91 Å². The molecule has 1 saturated carbocycles. The first kappa shape index (κ1) is 19.9. The van der Waals surface area contributed by atoms with Gasteiger partial charge < -0.3 is 9.64 Å². The molecule has 3 rings (SSSR count). The third kappa shape index (κ3) is 5.55. The van der Waals surface area contributed by atoms with Crippen molar-refractivity contribution in [3.05, 3.63) is 45.9 Å². The fourth-order valence-corrected chi connectivity index (χ4v) is 3.86. The lowest BCUT2D eigenvalue weighted by Gasteiger charge is -2.22. The summed E-state index contributed by atoms with van der Waals surface area (Å²) in [7, 11) is 0. The van der Waals surface area contributed by atoms with E-state index in [9.17, 15) is 4.79 Å². The van der Waals surface area contributed by atoms with Crippen molar-refractivity contribution in [2.24, 2.45) is 5.92 Å². The highest BCUT2D eigenvalue weighted by atomic mass is 32.1. The Morgan fingerprint density at radius 3 is 2.67 bits per heavy atom. The number of thiazole rings is 1. The van der Waals surface area contributed by atoms with Crippen molar-refractivity contribution in [3.8, 4) is 5.75 Å². The Balaban J connectivity index is 1.60. The minimum Gasteiger partial charge on any atom is -0.486 e. The van der Waals surface area contributed by atoms with Gasteiger partial charge in [0.15, 0.2) is 0 Å². The molecule has 0 aliphatic heterocycles. The second kappa shape index (κ2) is 8.87. The quantitative estimate of drug-likeness (QED) is 0.581. The van der Waals surface area contributed by atoms with Gasteiger partial charge in [0.25, 0.3) is 0 Å². The number of rotatable bonds is 9. The van der Waals surface area contributed by atoms with Crippen LogP contribution in [0.2, 0.25) is 0 Å². The van der Waals surface area contributed by atoms with E-state index in [4.69, 9.17) is 9.72 Å². The molecule has 0 radical (unpaired) electrons.